The third-order valence-corrected chi connectivity index (χ3v) is 4.31. The summed E-state index contributed by atoms with van der Waals surface area (Å²) >= 11 is 0. The zero-order chi connectivity index (χ0) is 21.0. The van der Waals surface area contributed by atoms with Gasteiger partial charge in [0.15, 0.2) is 17.5 Å². The highest BCUT2D eigenvalue weighted by Gasteiger charge is 2.36. The van der Waals surface area contributed by atoms with Crippen LogP contribution in [0.5, 0.6) is 0 Å². The molecule has 0 saturated carbocycles. The van der Waals surface area contributed by atoms with Gasteiger partial charge in [-0.3, -0.25) is 19.2 Å². The SMILES string of the molecule is CC1=CC(=O)C(C(=O)/C=C/c2cccc(NC(=O)c3ccc(C)cc3)c2)C(=O)O1. The fourth-order valence-corrected chi connectivity index (χ4v) is 2.81. The maximum Gasteiger partial charge on any atom is 0.329 e. The van der Waals surface area contributed by atoms with Crippen LogP contribution >= 0.6 is 0 Å². The molecule has 29 heavy (non-hydrogen) atoms. The normalized spacial score (nSPS) is 16.3. The molecule has 0 aliphatic carbocycles. The summed E-state index contributed by atoms with van der Waals surface area (Å²) < 4.78 is 4.85. The predicted molar refractivity (Wildman–Crippen MR) is 108 cm³/mol. The second kappa shape index (κ2) is 8.48. The van der Waals surface area contributed by atoms with Crippen molar-refractivity contribution < 1.29 is 23.9 Å². The van der Waals surface area contributed by atoms with E-state index < -0.39 is 23.5 Å². The molecule has 0 fully saturated rings. The zero-order valence-corrected chi connectivity index (χ0v) is 16.0. The number of benzene rings is 2. The Labute approximate surface area is 167 Å². The molecular weight excluding hydrogens is 370 g/mol. The molecule has 3 rings (SSSR count). The lowest BCUT2D eigenvalue weighted by molar-refractivity contribution is -0.151. The molecule has 1 unspecified atom stereocenters. The van der Waals surface area contributed by atoms with Crippen LogP contribution in [0, 0.1) is 12.8 Å². The lowest BCUT2D eigenvalue weighted by Gasteiger charge is -2.15. The van der Waals surface area contributed by atoms with Gasteiger partial charge in [-0.1, -0.05) is 35.9 Å². The zero-order valence-electron chi connectivity index (χ0n) is 16.0. The van der Waals surface area contributed by atoms with Crippen LogP contribution in [0.4, 0.5) is 5.69 Å². The van der Waals surface area contributed by atoms with Crippen LogP contribution < -0.4 is 5.32 Å². The van der Waals surface area contributed by atoms with Crippen molar-refractivity contribution in [2.45, 2.75) is 13.8 Å². The van der Waals surface area contributed by atoms with Crippen LogP contribution in [-0.2, 0) is 19.1 Å². The maximum atomic E-state index is 12.3. The first-order chi connectivity index (χ1) is 13.8. The number of rotatable bonds is 5. The summed E-state index contributed by atoms with van der Waals surface area (Å²) in [5.74, 6) is -3.67. The lowest BCUT2D eigenvalue weighted by Crippen LogP contribution is -2.34. The highest BCUT2D eigenvalue weighted by atomic mass is 16.5. The Balaban J connectivity index is 1.70. The molecule has 6 nitrogen and oxygen atoms in total. The number of ether oxygens (including phenoxy) is 1. The van der Waals surface area contributed by atoms with Gasteiger partial charge < -0.3 is 10.1 Å². The molecule has 146 valence electrons. The smallest absolute Gasteiger partial charge is 0.329 e. The third kappa shape index (κ3) is 4.93. The van der Waals surface area contributed by atoms with E-state index in [1.807, 2.05) is 19.1 Å². The van der Waals surface area contributed by atoms with E-state index in [1.165, 1.54) is 19.1 Å². The third-order valence-electron chi connectivity index (χ3n) is 4.31. The number of hydrogen-bond acceptors (Lipinski definition) is 5. The summed E-state index contributed by atoms with van der Waals surface area (Å²) in [6.07, 6.45) is 3.79. The second-order valence-corrected chi connectivity index (χ2v) is 6.69. The van der Waals surface area contributed by atoms with Gasteiger partial charge in [0, 0.05) is 17.3 Å². The van der Waals surface area contributed by atoms with Gasteiger partial charge in [-0.05, 0) is 49.8 Å². The fourth-order valence-electron chi connectivity index (χ4n) is 2.81. The number of carbonyl (C=O) groups is 4. The van der Waals surface area contributed by atoms with Crippen molar-refractivity contribution in [3.05, 3.63) is 83.1 Å². The fraction of sp³-hybridized carbons (Fsp3) is 0.130. The van der Waals surface area contributed by atoms with Crippen molar-refractivity contribution in [2.24, 2.45) is 5.92 Å². The molecule has 0 radical (unpaired) electrons. The van der Waals surface area contributed by atoms with E-state index in [0.29, 0.717) is 16.8 Å². The van der Waals surface area contributed by atoms with Crippen molar-refractivity contribution in [3.63, 3.8) is 0 Å². The number of allylic oxidation sites excluding steroid dienone is 3. The summed E-state index contributed by atoms with van der Waals surface area (Å²) in [4.78, 5) is 48.3. The van der Waals surface area contributed by atoms with Gasteiger partial charge in [0.25, 0.3) is 5.91 Å². The number of anilines is 1. The molecule has 1 aliphatic heterocycles. The first kappa shape index (κ1) is 19.9. The topological polar surface area (TPSA) is 89.5 Å². The maximum absolute atomic E-state index is 12.3. The number of amides is 1. The van der Waals surface area contributed by atoms with Gasteiger partial charge in [-0.15, -0.1) is 0 Å². The van der Waals surface area contributed by atoms with E-state index in [2.05, 4.69) is 5.32 Å². The van der Waals surface area contributed by atoms with Crippen molar-refractivity contribution in [1.29, 1.82) is 0 Å². The highest BCUT2D eigenvalue weighted by Crippen LogP contribution is 2.18. The molecule has 1 aliphatic rings. The Morgan fingerprint density at radius 3 is 2.45 bits per heavy atom. The Bertz CT molecular complexity index is 1050. The molecule has 2 aromatic rings. The molecule has 0 bridgehead atoms. The van der Waals surface area contributed by atoms with Crippen LogP contribution in [0.25, 0.3) is 6.08 Å². The Hall–Kier alpha value is -3.80. The van der Waals surface area contributed by atoms with E-state index in [-0.39, 0.29) is 11.7 Å². The predicted octanol–water partition coefficient (Wildman–Crippen LogP) is 3.48. The molecule has 1 atom stereocenters. The van der Waals surface area contributed by atoms with Crippen LogP contribution in [0.15, 0.2) is 66.4 Å². The van der Waals surface area contributed by atoms with Crippen molar-refractivity contribution in [3.8, 4) is 0 Å². The first-order valence-electron chi connectivity index (χ1n) is 8.97. The van der Waals surface area contributed by atoms with Crippen molar-refractivity contribution >= 4 is 35.2 Å². The van der Waals surface area contributed by atoms with Crippen LogP contribution in [0.3, 0.4) is 0 Å². The number of cyclic esters (lactones) is 1. The number of nitrogens with one attached hydrogen (secondary N) is 1. The number of hydrogen-bond donors (Lipinski definition) is 1. The van der Waals surface area contributed by atoms with E-state index >= 15 is 0 Å². The molecule has 0 aromatic heterocycles. The molecule has 1 heterocycles. The standard InChI is InChI=1S/C23H19NO5/c1-14-6-9-17(10-7-14)22(27)24-18-5-3-4-16(13-18)8-11-19(25)21-20(26)12-15(2)29-23(21)28/h3-13,21H,1-2H3,(H,24,27)/b11-8+. The van der Waals surface area contributed by atoms with E-state index in [9.17, 15) is 19.2 Å². The van der Waals surface area contributed by atoms with Crippen molar-refractivity contribution in [2.75, 3.05) is 5.32 Å². The average Bonchev–Trinajstić information content (AvgIpc) is 2.66. The average molecular weight is 389 g/mol. The van der Waals surface area contributed by atoms with E-state index in [0.717, 1.165) is 11.6 Å². The first-order valence-corrected chi connectivity index (χ1v) is 8.97. The number of esters is 1. The Morgan fingerprint density at radius 2 is 1.76 bits per heavy atom. The van der Waals surface area contributed by atoms with Gasteiger partial charge in [-0.2, -0.15) is 0 Å². The van der Waals surface area contributed by atoms with Gasteiger partial charge in [0.1, 0.15) is 5.76 Å². The summed E-state index contributed by atoms with van der Waals surface area (Å²) in [5.41, 5.74) is 2.77. The minimum absolute atomic E-state index is 0.171. The van der Waals surface area contributed by atoms with Crippen LogP contribution in [-0.4, -0.2) is 23.4 Å². The molecule has 0 spiro atoms. The van der Waals surface area contributed by atoms with Crippen molar-refractivity contribution in [1.82, 2.24) is 0 Å². The highest BCUT2D eigenvalue weighted by molar-refractivity contribution is 6.25. The monoisotopic (exact) mass is 389 g/mol. The molecule has 0 saturated heterocycles. The van der Waals surface area contributed by atoms with Gasteiger partial charge in [0.2, 0.25) is 0 Å². The summed E-state index contributed by atoms with van der Waals surface area (Å²) in [7, 11) is 0. The Kier molecular flexibility index (Phi) is 5.83. The van der Waals surface area contributed by atoms with E-state index in [4.69, 9.17) is 4.74 Å². The molecule has 1 amide bonds. The molecule has 6 heteroatoms. The number of aryl methyl sites for hydroxylation is 1. The van der Waals surface area contributed by atoms with Gasteiger partial charge in [-0.25, -0.2) is 0 Å². The molecule has 1 N–H and O–H groups in total. The second-order valence-electron chi connectivity index (χ2n) is 6.69. The van der Waals surface area contributed by atoms with Gasteiger partial charge in [0.05, 0.1) is 0 Å². The summed E-state index contributed by atoms with van der Waals surface area (Å²) in [5, 5.41) is 2.79. The number of ketones is 2. The van der Waals surface area contributed by atoms with Gasteiger partial charge >= 0.3 is 5.97 Å². The largest absolute Gasteiger partial charge is 0.430 e. The minimum Gasteiger partial charge on any atom is -0.430 e. The quantitative estimate of drug-likeness (QED) is 0.480. The molecule has 2 aromatic carbocycles. The minimum atomic E-state index is -1.47. The van der Waals surface area contributed by atoms with Crippen LogP contribution in [0.2, 0.25) is 0 Å². The Morgan fingerprint density at radius 1 is 1.03 bits per heavy atom. The van der Waals surface area contributed by atoms with Crippen LogP contribution in [0.1, 0.15) is 28.4 Å². The summed E-state index contributed by atoms with van der Waals surface area (Å²) in [6.45, 7) is 3.42. The number of carbonyl (C=O) groups excluding carboxylic acids is 4. The summed E-state index contributed by atoms with van der Waals surface area (Å²) in [6, 6.07) is 14.0. The lowest BCUT2D eigenvalue weighted by atomic mass is 9.96. The molecular formula is C23H19NO5. The van der Waals surface area contributed by atoms with E-state index in [1.54, 1.807) is 36.4 Å².